The second kappa shape index (κ2) is 13.7. The van der Waals surface area contributed by atoms with Crippen molar-refractivity contribution in [3.05, 3.63) is 212 Å². The molecule has 0 spiro atoms. The predicted molar refractivity (Wildman–Crippen MR) is 258 cm³/mol. The molecule has 0 atom stereocenters. The number of aryl methyl sites for hydroxylation is 1. The Kier molecular flexibility index (Phi) is 7.70. The van der Waals surface area contributed by atoms with Crippen LogP contribution in [0.2, 0.25) is 0 Å². The molecule has 0 amide bonds. The predicted octanol–water partition coefficient (Wildman–Crippen LogP) is 16.3. The summed E-state index contributed by atoms with van der Waals surface area (Å²) in [5, 5.41) is 8.08. The van der Waals surface area contributed by atoms with Gasteiger partial charge in [0.25, 0.3) is 0 Å². The fraction of sp³-hybridized carbons (Fsp3) is 0.0345. The van der Waals surface area contributed by atoms with Gasteiger partial charge in [0, 0.05) is 61.5 Å². The quantitative estimate of drug-likeness (QED) is 0.168. The first-order valence-corrected chi connectivity index (χ1v) is 21.4. The molecule has 0 saturated heterocycles. The maximum atomic E-state index is 6.74. The molecule has 0 N–H and O–H groups in total. The maximum Gasteiger partial charge on any atom is 0.143 e. The van der Waals surface area contributed by atoms with Crippen molar-refractivity contribution in [2.24, 2.45) is 0 Å². The average Bonchev–Trinajstić information content (AvgIpc) is 4.02. The van der Waals surface area contributed by atoms with E-state index in [1.807, 2.05) is 0 Å². The normalized spacial score (nSPS) is 12.6. The van der Waals surface area contributed by atoms with E-state index in [1.54, 1.807) is 0 Å². The van der Waals surface area contributed by atoms with Gasteiger partial charge in [-0.3, -0.25) is 0 Å². The van der Waals surface area contributed by atoms with Crippen LogP contribution < -0.4 is 4.90 Å². The topological polar surface area (TPSA) is 34.5 Å². The Labute approximate surface area is 357 Å². The van der Waals surface area contributed by atoms with Gasteiger partial charge >= 0.3 is 0 Å². The van der Waals surface area contributed by atoms with Gasteiger partial charge in [0.15, 0.2) is 0 Å². The van der Waals surface area contributed by atoms with Crippen LogP contribution in [0.25, 0.3) is 99.5 Å². The van der Waals surface area contributed by atoms with Crippen LogP contribution in [0.3, 0.4) is 0 Å². The van der Waals surface area contributed by atoms with Gasteiger partial charge < -0.3 is 18.3 Å². The van der Waals surface area contributed by atoms with E-state index < -0.39 is 0 Å². The molecule has 0 aliphatic heterocycles. The molecule has 0 fully saturated rings. The summed E-state index contributed by atoms with van der Waals surface area (Å²) in [5.41, 5.74) is 15.1. The van der Waals surface area contributed by atoms with Crippen molar-refractivity contribution < 1.29 is 8.83 Å². The SMILES string of the molecule is C1=Cc2c(oc3c(-c4cccc(N(c5ccc(-c6ccc7c(c6)c6ccccc6n7-c6ccccc6)cc5)c5cccc6oc7c8ccccc8ccc7c56)c4)cccc23)CC1. The molecule has 13 rings (SSSR count). The molecular weight excluding hydrogens is 757 g/mol. The lowest BCUT2D eigenvalue weighted by atomic mass is 9.98. The number of hydrogen-bond acceptors (Lipinski definition) is 3. The second-order valence-electron chi connectivity index (χ2n) is 16.3. The summed E-state index contributed by atoms with van der Waals surface area (Å²) in [6, 6.07) is 69.9. The molecule has 0 unspecified atom stereocenters. The third kappa shape index (κ3) is 5.33. The van der Waals surface area contributed by atoms with E-state index in [0.717, 1.165) is 102 Å². The third-order valence-electron chi connectivity index (χ3n) is 12.8. The Bertz CT molecular complexity index is 3750. The van der Waals surface area contributed by atoms with Crippen LogP contribution in [0.1, 0.15) is 17.7 Å². The van der Waals surface area contributed by atoms with Gasteiger partial charge in [-0.2, -0.15) is 0 Å². The molecule has 3 heterocycles. The van der Waals surface area contributed by atoms with Gasteiger partial charge in [-0.15, -0.1) is 0 Å². The Hall–Kier alpha value is -8.08. The molecule has 3 aromatic heterocycles. The molecule has 62 heavy (non-hydrogen) atoms. The van der Waals surface area contributed by atoms with E-state index in [-0.39, 0.29) is 0 Å². The average molecular weight is 795 g/mol. The van der Waals surface area contributed by atoms with Gasteiger partial charge in [0.05, 0.1) is 22.1 Å². The minimum atomic E-state index is 0.855. The monoisotopic (exact) mass is 794 g/mol. The summed E-state index contributed by atoms with van der Waals surface area (Å²) < 4.78 is 15.7. The van der Waals surface area contributed by atoms with Crippen molar-refractivity contribution in [3.8, 4) is 27.9 Å². The van der Waals surface area contributed by atoms with E-state index in [9.17, 15) is 0 Å². The molecule has 4 nitrogen and oxygen atoms in total. The van der Waals surface area contributed by atoms with Gasteiger partial charge in [0.1, 0.15) is 22.5 Å². The van der Waals surface area contributed by atoms with E-state index in [4.69, 9.17) is 8.83 Å². The second-order valence-corrected chi connectivity index (χ2v) is 16.3. The molecule has 4 heteroatoms. The molecular formula is C58H38N2O2. The zero-order valence-electron chi connectivity index (χ0n) is 33.8. The van der Waals surface area contributed by atoms with E-state index in [0.29, 0.717) is 0 Å². The van der Waals surface area contributed by atoms with Gasteiger partial charge in [-0.05, 0) is 101 Å². The van der Waals surface area contributed by atoms with Crippen LogP contribution in [0, 0.1) is 0 Å². The largest absolute Gasteiger partial charge is 0.460 e. The number of hydrogen-bond donors (Lipinski definition) is 0. The summed E-state index contributed by atoms with van der Waals surface area (Å²) in [4.78, 5) is 2.38. The molecule has 1 aliphatic rings. The summed E-state index contributed by atoms with van der Waals surface area (Å²) >= 11 is 0. The number of aromatic nitrogens is 1. The lowest BCUT2D eigenvalue weighted by Gasteiger charge is -2.27. The van der Waals surface area contributed by atoms with Crippen LogP contribution in [-0.2, 0) is 6.42 Å². The fourth-order valence-corrected chi connectivity index (χ4v) is 9.97. The molecule has 292 valence electrons. The molecule has 1 aliphatic carbocycles. The van der Waals surface area contributed by atoms with Crippen LogP contribution in [0.4, 0.5) is 17.1 Å². The Morgan fingerprint density at radius 1 is 0.468 bits per heavy atom. The number of furan rings is 2. The van der Waals surface area contributed by atoms with Crippen molar-refractivity contribution in [2.45, 2.75) is 12.8 Å². The van der Waals surface area contributed by atoms with E-state index >= 15 is 0 Å². The first kappa shape index (κ1) is 34.8. The zero-order valence-corrected chi connectivity index (χ0v) is 33.8. The van der Waals surface area contributed by atoms with Crippen LogP contribution in [-0.4, -0.2) is 4.57 Å². The molecule has 0 radical (unpaired) electrons. The molecule has 0 saturated carbocycles. The molecule has 9 aromatic carbocycles. The minimum Gasteiger partial charge on any atom is -0.460 e. The lowest BCUT2D eigenvalue weighted by Crippen LogP contribution is -2.10. The summed E-state index contributed by atoms with van der Waals surface area (Å²) in [6.07, 6.45) is 6.39. The number of rotatable bonds is 6. The highest BCUT2D eigenvalue weighted by Crippen LogP contribution is 2.46. The van der Waals surface area contributed by atoms with E-state index in [1.165, 1.54) is 32.9 Å². The summed E-state index contributed by atoms with van der Waals surface area (Å²) in [7, 11) is 0. The van der Waals surface area contributed by atoms with Crippen molar-refractivity contribution in [1.29, 1.82) is 0 Å². The highest BCUT2D eigenvalue weighted by Gasteiger charge is 2.23. The van der Waals surface area contributed by atoms with Crippen molar-refractivity contribution in [3.63, 3.8) is 0 Å². The van der Waals surface area contributed by atoms with Gasteiger partial charge in [-0.1, -0.05) is 133 Å². The molecule has 0 bridgehead atoms. The number of nitrogens with zero attached hydrogens (tertiary/aromatic N) is 2. The minimum absolute atomic E-state index is 0.855. The third-order valence-corrected chi connectivity index (χ3v) is 12.8. The summed E-state index contributed by atoms with van der Waals surface area (Å²) in [5.74, 6) is 1.07. The highest BCUT2D eigenvalue weighted by molar-refractivity contribution is 6.19. The van der Waals surface area contributed by atoms with Crippen LogP contribution in [0.15, 0.2) is 209 Å². The number of allylic oxidation sites excluding steroid dienone is 1. The first-order chi connectivity index (χ1) is 30.7. The van der Waals surface area contributed by atoms with Crippen LogP contribution >= 0.6 is 0 Å². The zero-order chi connectivity index (χ0) is 40.7. The Morgan fingerprint density at radius 3 is 2.16 bits per heavy atom. The standard InChI is InChI=1S/C58H38N2O2/c1-2-15-41(16-3-1)60-51-23-8-6-19-46(51)50-36-39(30-34-52(50)60)37-27-31-42(32-28-37)59(53-24-12-26-55-56(53)49-33-29-38-13-4-5-18-44(38)58(49)62-55)43-17-10-14-40(35-43)45-21-11-22-48-47-20-7-9-25-54(47)61-57(45)48/h1-8,10-24,26-36H,9,25H2. The van der Waals surface area contributed by atoms with E-state index in [2.05, 4.69) is 216 Å². The Morgan fingerprint density at radius 2 is 1.24 bits per heavy atom. The van der Waals surface area contributed by atoms with Crippen molar-refractivity contribution in [1.82, 2.24) is 4.57 Å². The van der Waals surface area contributed by atoms with Gasteiger partial charge in [-0.25, -0.2) is 0 Å². The highest BCUT2D eigenvalue weighted by atomic mass is 16.3. The van der Waals surface area contributed by atoms with Crippen LogP contribution in [0.5, 0.6) is 0 Å². The first-order valence-electron chi connectivity index (χ1n) is 21.4. The fourth-order valence-electron chi connectivity index (χ4n) is 9.97. The number of benzene rings is 9. The maximum absolute atomic E-state index is 6.74. The smallest absolute Gasteiger partial charge is 0.143 e. The molecule has 12 aromatic rings. The number of para-hydroxylation sites is 3. The number of fused-ring (bicyclic) bond motifs is 11. The summed E-state index contributed by atoms with van der Waals surface area (Å²) in [6.45, 7) is 0. The van der Waals surface area contributed by atoms with Gasteiger partial charge in [0.2, 0.25) is 0 Å². The number of anilines is 3. The van der Waals surface area contributed by atoms with Crippen molar-refractivity contribution in [2.75, 3.05) is 4.90 Å². The Balaban J connectivity index is 0.980. The lowest BCUT2D eigenvalue weighted by molar-refractivity contribution is 0.547. The van der Waals surface area contributed by atoms with Crippen molar-refractivity contribution >= 4 is 88.6 Å².